The Balaban J connectivity index is 0.000000855. The number of alkyl halides is 1. The summed E-state index contributed by atoms with van der Waals surface area (Å²) in [6, 6.07) is 7.20. The molecule has 27 heavy (non-hydrogen) atoms. The molecule has 2 N–H and O–H groups in total. The van der Waals surface area contributed by atoms with Crippen molar-refractivity contribution in [2.75, 3.05) is 25.2 Å². The SMILES string of the molecule is CC.CC(=O)N1CCC(c2nccnc2Oc2ccc(N)cc2)CC1.CCl. The number of carbonyl (C=O) groups excluding carboxylic acids is 1. The third-order valence-corrected chi connectivity index (χ3v) is 4.11. The first kappa shape index (κ1) is 22.7. The van der Waals surface area contributed by atoms with Crippen LogP contribution in [-0.2, 0) is 4.79 Å². The minimum atomic E-state index is 0.126. The standard InChI is InChI=1S/C17H20N4O2.C2H6.CH3Cl/c1-12(22)21-10-6-13(7-11-21)16-17(20-9-8-19-16)23-15-4-2-14(18)3-5-15;2*1-2/h2-5,8-9,13H,6-7,10-11,18H2,1H3;1-2H3;1H3. The molecular formula is C20H29ClN4O2. The minimum absolute atomic E-state index is 0.126. The van der Waals surface area contributed by atoms with Crippen LogP contribution in [0.5, 0.6) is 11.6 Å². The van der Waals surface area contributed by atoms with Gasteiger partial charge in [0.25, 0.3) is 0 Å². The second-order valence-electron chi connectivity index (χ2n) is 5.70. The van der Waals surface area contributed by atoms with Crippen molar-refractivity contribution in [2.45, 2.75) is 39.5 Å². The van der Waals surface area contributed by atoms with Gasteiger partial charge in [-0.15, -0.1) is 11.6 Å². The first-order valence-corrected chi connectivity index (χ1v) is 9.86. The third kappa shape index (κ3) is 6.71. The summed E-state index contributed by atoms with van der Waals surface area (Å²) in [5.41, 5.74) is 7.23. The van der Waals surface area contributed by atoms with Crippen molar-refractivity contribution < 1.29 is 9.53 Å². The van der Waals surface area contributed by atoms with E-state index in [2.05, 4.69) is 21.6 Å². The molecule has 1 aromatic carbocycles. The van der Waals surface area contributed by atoms with Gasteiger partial charge in [0.05, 0.1) is 0 Å². The smallest absolute Gasteiger partial charge is 0.241 e. The maximum atomic E-state index is 11.4. The molecule has 0 aliphatic carbocycles. The first-order valence-electron chi connectivity index (χ1n) is 9.11. The number of carbonyl (C=O) groups is 1. The normalized spacial score (nSPS) is 13.6. The lowest BCUT2D eigenvalue weighted by atomic mass is 9.93. The number of nitrogen functional groups attached to an aromatic ring is 1. The average molecular weight is 393 g/mol. The molecule has 148 valence electrons. The number of benzene rings is 1. The summed E-state index contributed by atoms with van der Waals surface area (Å²) in [7, 11) is 0. The van der Waals surface area contributed by atoms with Crippen molar-refractivity contribution >= 4 is 23.2 Å². The maximum absolute atomic E-state index is 11.4. The number of nitrogens with two attached hydrogens (primary N) is 1. The van der Waals surface area contributed by atoms with Gasteiger partial charge in [0.1, 0.15) is 11.4 Å². The van der Waals surface area contributed by atoms with Crippen LogP contribution >= 0.6 is 11.6 Å². The highest BCUT2D eigenvalue weighted by Gasteiger charge is 2.26. The van der Waals surface area contributed by atoms with E-state index in [1.54, 1.807) is 31.5 Å². The first-order chi connectivity index (χ1) is 13.1. The van der Waals surface area contributed by atoms with Crippen LogP contribution in [0.25, 0.3) is 0 Å². The lowest BCUT2D eigenvalue weighted by Crippen LogP contribution is -2.36. The van der Waals surface area contributed by atoms with Crippen molar-refractivity contribution in [2.24, 2.45) is 0 Å². The molecule has 1 aromatic heterocycles. The molecule has 0 saturated carbocycles. The van der Waals surface area contributed by atoms with Crippen LogP contribution in [-0.4, -0.2) is 40.2 Å². The molecule has 2 aromatic rings. The van der Waals surface area contributed by atoms with E-state index in [0.29, 0.717) is 17.3 Å². The topological polar surface area (TPSA) is 81.3 Å². The molecule has 6 nitrogen and oxygen atoms in total. The Hall–Kier alpha value is -2.34. The summed E-state index contributed by atoms with van der Waals surface area (Å²) in [5.74, 6) is 1.59. The molecule has 1 aliphatic heterocycles. The van der Waals surface area contributed by atoms with Crippen LogP contribution in [0.3, 0.4) is 0 Å². The molecule has 1 aliphatic rings. The summed E-state index contributed by atoms with van der Waals surface area (Å²) in [6.07, 6.45) is 6.52. The van der Waals surface area contributed by atoms with Crippen molar-refractivity contribution in [3.8, 4) is 11.6 Å². The van der Waals surface area contributed by atoms with Crippen LogP contribution < -0.4 is 10.5 Å². The predicted octanol–water partition coefficient (Wildman–Crippen LogP) is 4.46. The Morgan fingerprint density at radius 3 is 2.22 bits per heavy atom. The average Bonchev–Trinajstić information content (AvgIpc) is 2.73. The lowest BCUT2D eigenvalue weighted by Gasteiger charge is -2.31. The highest BCUT2D eigenvalue weighted by molar-refractivity contribution is 6.15. The van der Waals surface area contributed by atoms with Crippen LogP contribution in [0, 0.1) is 0 Å². The zero-order valence-corrected chi connectivity index (χ0v) is 17.2. The second kappa shape index (κ2) is 12.1. The van der Waals surface area contributed by atoms with Gasteiger partial charge in [-0.25, -0.2) is 4.98 Å². The lowest BCUT2D eigenvalue weighted by molar-refractivity contribution is -0.129. The van der Waals surface area contributed by atoms with Gasteiger partial charge in [-0.1, -0.05) is 13.8 Å². The number of rotatable bonds is 3. The summed E-state index contributed by atoms with van der Waals surface area (Å²) in [6.45, 7) is 7.11. The maximum Gasteiger partial charge on any atom is 0.241 e. The minimum Gasteiger partial charge on any atom is -0.437 e. The molecule has 0 spiro atoms. The van der Waals surface area contributed by atoms with E-state index in [4.69, 9.17) is 10.5 Å². The number of aromatic nitrogens is 2. The van der Waals surface area contributed by atoms with Crippen molar-refractivity contribution in [3.63, 3.8) is 0 Å². The Bertz CT molecular complexity index is 687. The molecule has 7 heteroatoms. The van der Waals surface area contributed by atoms with Gasteiger partial charge in [-0.2, -0.15) is 0 Å². The zero-order valence-electron chi connectivity index (χ0n) is 16.5. The monoisotopic (exact) mass is 392 g/mol. The number of ether oxygens (including phenoxy) is 1. The summed E-state index contributed by atoms with van der Waals surface area (Å²) in [4.78, 5) is 22.1. The van der Waals surface area contributed by atoms with Crippen LogP contribution in [0.4, 0.5) is 5.69 Å². The Morgan fingerprint density at radius 1 is 1.11 bits per heavy atom. The molecule has 1 amide bonds. The largest absolute Gasteiger partial charge is 0.437 e. The number of hydrogen-bond acceptors (Lipinski definition) is 5. The molecule has 0 bridgehead atoms. The van der Waals surface area contributed by atoms with Gasteiger partial charge < -0.3 is 15.4 Å². The van der Waals surface area contributed by atoms with E-state index in [9.17, 15) is 4.79 Å². The molecule has 0 unspecified atom stereocenters. The van der Waals surface area contributed by atoms with E-state index >= 15 is 0 Å². The summed E-state index contributed by atoms with van der Waals surface area (Å²) in [5, 5.41) is 0. The molecule has 1 saturated heterocycles. The van der Waals surface area contributed by atoms with Crippen molar-refractivity contribution in [1.82, 2.24) is 14.9 Å². The van der Waals surface area contributed by atoms with Gasteiger partial charge in [0.15, 0.2) is 0 Å². The van der Waals surface area contributed by atoms with Crippen LogP contribution in [0.1, 0.15) is 45.2 Å². The van der Waals surface area contributed by atoms with Crippen molar-refractivity contribution in [3.05, 3.63) is 42.4 Å². The number of hydrogen-bond donors (Lipinski definition) is 1. The van der Waals surface area contributed by atoms with Crippen molar-refractivity contribution in [1.29, 1.82) is 0 Å². The van der Waals surface area contributed by atoms with Gasteiger partial charge in [0, 0.05) is 50.4 Å². The molecule has 3 rings (SSSR count). The number of likely N-dealkylation sites (tertiary alicyclic amines) is 1. The van der Waals surface area contributed by atoms with Gasteiger partial charge in [-0.05, 0) is 37.1 Å². The van der Waals surface area contributed by atoms with Gasteiger partial charge in [-0.3, -0.25) is 9.78 Å². The summed E-state index contributed by atoms with van der Waals surface area (Å²) < 4.78 is 5.88. The number of nitrogens with zero attached hydrogens (tertiary/aromatic N) is 3. The second-order valence-corrected chi connectivity index (χ2v) is 5.70. The highest BCUT2D eigenvalue weighted by Crippen LogP contribution is 2.33. The number of anilines is 1. The Kier molecular flexibility index (Phi) is 10.2. The Morgan fingerprint density at radius 2 is 1.67 bits per heavy atom. The quantitative estimate of drug-likeness (QED) is 0.616. The molecule has 0 radical (unpaired) electrons. The van der Waals surface area contributed by atoms with Crippen LogP contribution in [0.2, 0.25) is 0 Å². The summed E-state index contributed by atoms with van der Waals surface area (Å²) >= 11 is 4.64. The molecule has 2 heterocycles. The molecular weight excluding hydrogens is 364 g/mol. The van der Waals surface area contributed by atoms with E-state index in [1.165, 1.54) is 6.38 Å². The van der Waals surface area contributed by atoms with E-state index < -0.39 is 0 Å². The van der Waals surface area contributed by atoms with Crippen LogP contribution in [0.15, 0.2) is 36.7 Å². The fourth-order valence-corrected chi connectivity index (χ4v) is 2.81. The number of halogens is 1. The number of amides is 1. The van der Waals surface area contributed by atoms with E-state index in [0.717, 1.165) is 31.6 Å². The highest BCUT2D eigenvalue weighted by atomic mass is 35.5. The number of piperidine rings is 1. The fourth-order valence-electron chi connectivity index (χ4n) is 2.81. The molecule has 1 fully saturated rings. The van der Waals surface area contributed by atoms with E-state index in [1.807, 2.05) is 30.9 Å². The fraction of sp³-hybridized carbons (Fsp3) is 0.450. The zero-order chi connectivity index (χ0) is 20.2. The Labute approximate surface area is 166 Å². The third-order valence-electron chi connectivity index (χ3n) is 4.11. The van der Waals surface area contributed by atoms with Gasteiger partial charge >= 0.3 is 0 Å². The predicted molar refractivity (Wildman–Crippen MR) is 110 cm³/mol. The van der Waals surface area contributed by atoms with Gasteiger partial charge in [0.2, 0.25) is 11.8 Å². The van der Waals surface area contributed by atoms with E-state index in [-0.39, 0.29) is 11.8 Å². The molecule has 0 atom stereocenters.